The van der Waals surface area contributed by atoms with Crippen LogP contribution in [0, 0.1) is 5.92 Å². The van der Waals surface area contributed by atoms with Gasteiger partial charge >= 0.3 is 0 Å². The van der Waals surface area contributed by atoms with Crippen molar-refractivity contribution < 1.29 is 5.11 Å². The first-order valence-electron chi connectivity index (χ1n) is 9.10. The van der Waals surface area contributed by atoms with E-state index >= 15 is 0 Å². The number of hydrogen-bond donors (Lipinski definition) is 1. The molecule has 6 nitrogen and oxygen atoms in total. The lowest BCUT2D eigenvalue weighted by atomic mass is 9.85. The first kappa shape index (κ1) is 16.4. The molecule has 2 aromatic rings. The van der Waals surface area contributed by atoms with E-state index in [1.165, 1.54) is 0 Å². The number of likely N-dealkylation sites (tertiary alicyclic amines) is 1. The Morgan fingerprint density at radius 3 is 2.48 bits per heavy atom. The summed E-state index contributed by atoms with van der Waals surface area (Å²) in [5.74, 6) is 0.500. The van der Waals surface area contributed by atoms with Crippen molar-refractivity contribution >= 4 is 0 Å². The average molecular weight is 340 g/mol. The van der Waals surface area contributed by atoms with E-state index in [9.17, 15) is 9.90 Å². The van der Waals surface area contributed by atoms with Gasteiger partial charge in [0.1, 0.15) is 0 Å². The minimum atomic E-state index is -0.135. The predicted molar refractivity (Wildman–Crippen MR) is 95.1 cm³/mol. The molecule has 0 bridgehead atoms. The van der Waals surface area contributed by atoms with Gasteiger partial charge in [-0.25, -0.2) is 4.98 Å². The van der Waals surface area contributed by atoms with E-state index in [-0.39, 0.29) is 11.7 Å². The molecule has 0 radical (unpaired) electrons. The van der Waals surface area contributed by atoms with Gasteiger partial charge in [-0.15, -0.1) is 0 Å². The second kappa shape index (κ2) is 7.06. The first-order chi connectivity index (χ1) is 12.2. The van der Waals surface area contributed by atoms with Gasteiger partial charge in [0, 0.05) is 36.6 Å². The Hall–Kier alpha value is -2.05. The minimum absolute atomic E-state index is 0.00124. The maximum Gasteiger partial charge on any atom is 0.253 e. The van der Waals surface area contributed by atoms with Gasteiger partial charge in [-0.3, -0.25) is 19.2 Å². The van der Waals surface area contributed by atoms with Crippen LogP contribution in [0.3, 0.4) is 0 Å². The molecule has 2 fully saturated rings. The number of rotatable bonds is 4. The number of aliphatic hydroxyl groups is 1. The van der Waals surface area contributed by atoms with Gasteiger partial charge in [-0.2, -0.15) is 0 Å². The molecule has 4 rings (SSSR count). The summed E-state index contributed by atoms with van der Waals surface area (Å²) >= 11 is 0. The second-order valence-electron chi connectivity index (χ2n) is 7.19. The number of nitrogens with zero attached hydrogens (tertiary/aromatic N) is 4. The van der Waals surface area contributed by atoms with Crippen LogP contribution in [0.1, 0.15) is 25.7 Å². The summed E-state index contributed by atoms with van der Waals surface area (Å²) in [6, 6.07) is 5.69. The zero-order chi connectivity index (χ0) is 17.2. The molecule has 1 aliphatic carbocycles. The summed E-state index contributed by atoms with van der Waals surface area (Å²) in [5.41, 5.74) is 1.60. The Bertz CT molecular complexity index is 768. The van der Waals surface area contributed by atoms with Crippen molar-refractivity contribution in [2.75, 3.05) is 13.1 Å². The van der Waals surface area contributed by atoms with E-state index in [0.717, 1.165) is 50.9 Å². The van der Waals surface area contributed by atoms with Gasteiger partial charge in [-0.1, -0.05) is 0 Å². The van der Waals surface area contributed by atoms with Crippen molar-refractivity contribution in [2.45, 2.75) is 44.4 Å². The van der Waals surface area contributed by atoms with Gasteiger partial charge in [0.15, 0.2) is 0 Å². The van der Waals surface area contributed by atoms with Crippen LogP contribution < -0.4 is 5.56 Å². The first-order valence-corrected chi connectivity index (χ1v) is 9.10. The number of aliphatic hydroxyl groups excluding tert-OH is 1. The summed E-state index contributed by atoms with van der Waals surface area (Å²) in [5, 5.41) is 9.82. The Morgan fingerprint density at radius 1 is 1.12 bits per heavy atom. The van der Waals surface area contributed by atoms with Gasteiger partial charge in [0.2, 0.25) is 0 Å². The Labute approximate surface area is 147 Å². The zero-order valence-electron chi connectivity index (χ0n) is 14.3. The van der Waals surface area contributed by atoms with Crippen LogP contribution >= 0.6 is 0 Å². The third-order valence-electron chi connectivity index (χ3n) is 5.63. The molecule has 132 valence electrons. The van der Waals surface area contributed by atoms with Crippen LogP contribution in [0.2, 0.25) is 0 Å². The molecule has 2 aliphatic rings. The SMILES string of the molecule is O=c1cc(-c2ccncc2)ncn1CC1CCN(C2CCC2O)CC1. The Morgan fingerprint density at radius 2 is 1.88 bits per heavy atom. The number of pyridine rings is 1. The molecule has 0 aromatic carbocycles. The fraction of sp³-hybridized carbons (Fsp3) is 0.526. The molecule has 2 atom stereocenters. The van der Waals surface area contributed by atoms with E-state index in [0.29, 0.717) is 17.7 Å². The average Bonchev–Trinajstić information content (AvgIpc) is 2.64. The van der Waals surface area contributed by atoms with Crippen LogP contribution in [0.4, 0.5) is 0 Å². The highest BCUT2D eigenvalue weighted by molar-refractivity contribution is 5.57. The summed E-state index contributed by atoms with van der Waals surface area (Å²) in [7, 11) is 0. The fourth-order valence-electron chi connectivity index (χ4n) is 3.88. The van der Waals surface area contributed by atoms with E-state index in [1.807, 2.05) is 12.1 Å². The Kier molecular flexibility index (Phi) is 4.63. The van der Waals surface area contributed by atoms with Crippen LogP contribution in [-0.4, -0.2) is 49.8 Å². The molecule has 6 heteroatoms. The quantitative estimate of drug-likeness (QED) is 0.914. The summed E-state index contributed by atoms with van der Waals surface area (Å²) in [6.07, 6.45) is 9.14. The van der Waals surface area contributed by atoms with Crippen LogP contribution in [0.25, 0.3) is 11.3 Å². The minimum Gasteiger partial charge on any atom is -0.391 e. The monoisotopic (exact) mass is 340 g/mol. The molecule has 1 saturated heterocycles. The highest BCUT2D eigenvalue weighted by Gasteiger charge is 2.35. The van der Waals surface area contributed by atoms with Gasteiger partial charge < -0.3 is 5.11 Å². The van der Waals surface area contributed by atoms with Gasteiger partial charge in [-0.05, 0) is 56.8 Å². The molecule has 1 aliphatic heterocycles. The van der Waals surface area contributed by atoms with Crippen molar-refractivity contribution in [3.05, 3.63) is 47.3 Å². The number of piperidine rings is 1. The molecule has 1 N–H and O–H groups in total. The summed E-state index contributed by atoms with van der Waals surface area (Å²) in [4.78, 5) is 23.3. The van der Waals surface area contributed by atoms with E-state index in [2.05, 4.69) is 14.9 Å². The third kappa shape index (κ3) is 3.50. The van der Waals surface area contributed by atoms with Crippen molar-refractivity contribution in [1.82, 2.24) is 19.4 Å². The Balaban J connectivity index is 1.38. The molecule has 2 aromatic heterocycles. The maximum atomic E-state index is 12.4. The third-order valence-corrected chi connectivity index (χ3v) is 5.63. The largest absolute Gasteiger partial charge is 0.391 e. The topological polar surface area (TPSA) is 71.2 Å². The lowest BCUT2D eigenvalue weighted by Gasteiger charge is -2.44. The number of aromatic nitrogens is 3. The summed E-state index contributed by atoms with van der Waals surface area (Å²) in [6.45, 7) is 2.76. The van der Waals surface area contributed by atoms with Crippen molar-refractivity contribution in [3.8, 4) is 11.3 Å². The fourth-order valence-corrected chi connectivity index (χ4v) is 3.88. The van der Waals surface area contributed by atoms with Crippen LogP contribution in [0.5, 0.6) is 0 Å². The standard InChI is InChI=1S/C19H24N4O2/c24-18-2-1-17(18)22-9-5-14(6-10-22)12-23-13-21-16(11-19(23)25)15-3-7-20-8-4-15/h3-4,7-8,11,13-14,17-18,24H,1-2,5-6,9-10,12H2. The van der Waals surface area contributed by atoms with Crippen molar-refractivity contribution in [1.29, 1.82) is 0 Å². The highest BCUT2D eigenvalue weighted by atomic mass is 16.3. The molecule has 0 amide bonds. The highest BCUT2D eigenvalue weighted by Crippen LogP contribution is 2.29. The molecule has 25 heavy (non-hydrogen) atoms. The normalized spacial score (nSPS) is 24.8. The predicted octanol–water partition coefficient (Wildman–Crippen LogP) is 1.54. The van der Waals surface area contributed by atoms with Crippen molar-refractivity contribution in [3.63, 3.8) is 0 Å². The maximum absolute atomic E-state index is 12.4. The van der Waals surface area contributed by atoms with E-state index in [1.54, 1.807) is 29.4 Å². The lowest BCUT2D eigenvalue weighted by molar-refractivity contribution is -0.0346. The molecule has 2 unspecified atom stereocenters. The van der Waals surface area contributed by atoms with Gasteiger partial charge in [0.05, 0.1) is 18.1 Å². The molecule has 1 saturated carbocycles. The smallest absolute Gasteiger partial charge is 0.253 e. The van der Waals surface area contributed by atoms with Crippen LogP contribution in [-0.2, 0) is 6.54 Å². The molecule has 0 spiro atoms. The molecular weight excluding hydrogens is 316 g/mol. The summed E-state index contributed by atoms with van der Waals surface area (Å²) < 4.78 is 1.73. The molecular formula is C19H24N4O2. The lowest BCUT2D eigenvalue weighted by Crippen LogP contribution is -2.53. The second-order valence-corrected chi connectivity index (χ2v) is 7.19. The van der Waals surface area contributed by atoms with Crippen LogP contribution in [0.15, 0.2) is 41.7 Å². The van der Waals surface area contributed by atoms with E-state index < -0.39 is 0 Å². The molecule has 3 heterocycles. The van der Waals surface area contributed by atoms with Gasteiger partial charge in [0.25, 0.3) is 5.56 Å². The number of hydrogen-bond acceptors (Lipinski definition) is 5. The zero-order valence-corrected chi connectivity index (χ0v) is 14.3. The van der Waals surface area contributed by atoms with Crippen molar-refractivity contribution in [2.24, 2.45) is 5.92 Å². The van der Waals surface area contributed by atoms with E-state index in [4.69, 9.17) is 0 Å².